The molecule has 0 saturated carbocycles. The van der Waals surface area contributed by atoms with Gasteiger partial charge >= 0.3 is 0 Å². The Morgan fingerprint density at radius 1 is 0.857 bits per heavy atom. The largest absolute Gasteiger partial charge is 0.387 e. The van der Waals surface area contributed by atoms with E-state index in [9.17, 15) is 0 Å². The van der Waals surface area contributed by atoms with Gasteiger partial charge in [0.25, 0.3) is 0 Å². The van der Waals surface area contributed by atoms with Crippen molar-refractivity contribution in [3.8, 4) is 0 Å². The quantitative estimate of drug-likeness (QED) is 0.706. The fourth-order valence-electron chi connectivity index (χ4n) is 1.64. The summed E-state index contributed by atoms with van der Waals surface area (Å²) in [6.45, 7) is 1.95. The van der Waals surface area contributed by atoms with Gasteiger partial charge in [0.15, 0.2) is 0 Å². The maximum Gasteiger partial charge on any atom is 0.0331 e. The summed E-state index contributed by atoms with van der Waals surface area (Å²) < 4.78 is 0. The van der Waals surface area contributed by atoms with Crippen molar-refractivity contribution in [2.24, 2.45) is 0 Å². The zero-order valence-corrected chi connectivity index (χ0v) is 8.29. The van der Waals surface area contributed by atoms with Crippen LogP contribution in [0.1, 0.15) is 12.8 Å². The summed E-state index contributed by atoms with van der Waals surface area (Å²) in [7, 11) is 0. The minimum Gasteiger partial charge on any atom is -0.387 e. The zero-order valence-electron chi connectivity index (χ0n) is 8.29. The molecule has 14 heavy (non-hydrogen) atoms. The van der Waals surface area contributed by atoms with Crippen molar-refractivity contribution in [3.05, 3.63) is 47.9 Å². The molecule has 0 bridgehead atoms. The molecule has 74 valence electrons. The lowest BCUT2D eigenvalue weighted by Crippen LogP contribution is -2.10. The summed E-state index contributed by atoms with van der Waals surface area (Å²) in [6, 6.07) is 0. The van der Waals surface area contributed by atoms with Gasteiger partial charge in [0.1, 0.15) is 0 Å². The zero-order chi connectivity index (χ0) is 9.64. The molecule has 0 aromatic carbocycles. The molecule has 0 spiro atoms. The van der Waals surface area contributed by atoms with Gasteiger partial charge in [-0.3, -0.25) is 0 Å². The molecule has 0 aliphatic carbocycles. The normalized spacial score (nSPS) is 19.4. The van der Waals surface area contributed by atoms with Crippen molar-refractivity contribution in [2.75, 3.05) is 13.1 Å². The highest BCUT2D eigenvalue weighted by atomic mass is 14.8. The SMILES string of the molecule is C1=CC(CCC2=CCNC=C2)=CCN1. The van der Waals surface area contributed by atoms with Crippen molar-refractivity contribution in [2.45, 2.75) is 12.8 Å². The lowest BCUT2D eigenvalue weighted by molar-refractivity contribution is 0.879. The summed E-state index contributed by atoms with van der Waals surface area (Å²) in [5.74, 6) is 0. The molecule has 2 heterocycles. The molecular weight excluding hydrogens is 172 g/mol. The summed E-state index contributed by atoms with van der Waals surface area (Å²) in [5, 5.41) is 6.31. The molecule has 2 heteroatoms. The summed E-state index contributed by atoms with van der Waals surface area (Å²) in [6.07, 6.45) is 15.2. The molecule has 2 nitrogen and oxygen atoms in total. The highest BCUT2D eigenvalue weighted by molar-refractivity contribution is 5.27. The third-order valence-electron chi connectivity index (χ3n) is 2.50. The average molecular weight is 188 g/mol. The van der Waals surface area contributed by atoms with Gasteiger partial charge in [-0.05, 0) is 48.5 Å². The van der Waals surface area contributed by atoms with Crippen LogP contribution in [-0.2, 0) is 0 Å². The molecule has 2 rings (SSSR count). The first-order valence-electron chi connectivity index (χ1n) is 5.13. The molecule has 2 aliphatic rings. The van der Waals surface area contributed by atoms with Crippen LogP contribution < -0.4 is 10.6 Å². The van der Waals surface area contributed by atoms with Crippen LogP contribution in [0, 0.1) is 0 Å². The van der Waals surface area contributed by atoms with Crippen LogP contribution in [-0.4, -0.2) is 13.1 Å². The second-order valence-corrected chi connectivity index (χ2v) is 3.54. The monoisotopic (exact) mass is 188 g/mol. The van der Waals surface area contributed by atoms with Gasteiger partial charge < -0.3 is 10.6 Å². The van der Waals surface area contributed by atoms with Crippen molar-refractivity contribution < 1.29 is 0 Å². The Bertz CT molecular complexity index is 276. The number of dihydropyridines is 2. The number of nitrogens with one attached hydrogen (secondary N) is 2. The highest BCUT2D eigenvalue weighted by Gasteiger charge is 2.00. The Morgan fingerprint density at radius 2 is 1.36 bits per heavy atom. The molecule has 0 saturated heterocycles. The van der Waals surface area contributed by atoms with E-state index in [1.165, 1.54) is 11.1 Å². The van der Waals surface area contributed by atoms with Gasteiger partial charge in [-0.25, -0.2) is 0 Å². The van der Waals surface area contributed by atoms with Crippen molar-refractivity contribution in [1.82, 2.24) is 10.6 Å². The standard InChI is InChI=1S/C12H16N2/c1(11-3-7-13-8-4-11)2-12-5-9-14-10-6-12/h3-7,9,13-14H,1-2,8,10H2. The molecule has 0 aromatic rings. The van der Waals surface area contributed by atoms with Crippen molar-refractivity contribution in [3.63, 3.8) is 0 Å². The molecular formula is C12H16N2. The number of hydrogen-bond acceptors (Lipinski definition) is 2. The molecule has 2 aliphatic heterocycles. The third-order valence-corrected chi connectivity index (χ3v) is 2.50. The van der Waals surface area contributed by atoms with Gasteiger partial charge in [-0.15, -0.1) is 0 Å². The van der Waals surface area contributed by atoms with Gasteiger partial charge in [-0.1, -0.05) is 12.2 Å². The van der Waals surface area contributed by atoms with E-state index in [4.69, 9.17) is 0 Å². The Balaban J connectivity index is 1.82. The van der Waals surface area contributed by atoms with E-state index in [1.807, 2.05) is 12.4 Å². The van der Waals surface area contributed by atoms with Crippen LogP contribution >= 0.6 is 0 Å². The van der Waals surface area contributed by atoms with E-state index in [2.05, 4.69) is 34.9 Å². The summed E-state index contributed by atoms with van der Waals surface area (Å²) in [4.78, 5) is 0. The van der Waals surface area contributed by atoms with Gasteiger partial charge in [-0.2, -0.15) is 0 Å². The average Bonchev–Trinajstić information content (AvgIpc) is 2.29. The minimum atomic E-state index is 0.974. The van der Waals surface area contributed by atoms with Gasteiger partial charge in [0, 0.05) is 13.1 Å². The van der Waals surface area contributed by atoms with E-state index in [0.717, 1.165) is 25.9 Å². The van der Waals surface area contributed by atoms with Gasteiger partial charge in [0.2, 0.25) is 0 Å². The lowest BCUT2D eigenvalue weighted by atomic mass is 10.0. The smallest absolute Gasteiger partial charge is 0.0331 e. The number of hydrogen-bond donors (Lipinski definition) is 2. The van der Waals surface area contributed by atoms with Crippen LogP contribution in [0.2, 0.25) is 0 Å². The summed E-state index contributed by atoms with van der Waals surface area (Å²) in [5.41, 5.74) is 2.88. The first-order valence-corrected chi connectivity index (χ1v) is 5.13. The van der Waals surface area contributed by atoms with Crippen LogP contribution in [0.3, 0.4) is 0 Å². The topological polar surface area (TPSA) is 24.1 Å². The van der Waals surface area contributed by atoms with E-state index < -0.39 is 0 Å². The predicted octanol–water partition coefficient (Wildman–Crippen LogP) is 1.85. The van der Waals surface area contributed by atoms with E-state index in [1.54, 1.807) is 0 Å². The molecule has 0 radical (unpaired) electrons. The van der Waals surface area contributed by atoms with Crippen LogP contribution in [0.15, 0.2) is 47.9 Å². The molecule has 0 unspecified atom stereocenters. The maximum absolute atomic E-state index is 3.16. The minimum absolute atomic E-state index is 0.974. The van der Waals surface area contributed by atoms with E-state index in [-0.39, 0.29) is 0 Å². The lowest BCUT2D eigenvalue weighted by Gasteiger charge is -2.11. The fourth-order valence-corrected chi connectivity index (χ4v) is 1.64. The number of rotatable bonds is 3. The van der Waals surface area contributed by atoms with Crippen LogP contribution in [0.25, 0.3) is 0 Å². The Kier molecular flexibility index (Phi) is 3.06. The summed E-state index contributed by atoms with van der Waals surface area (Å²) >= 11 is 0. The second kappa shape index (κ2) is 4.70. The number of allylic oxidation sites excluding steroid dienone is 4. The maximum atomic E-state index is 3.16. The molecule has 0 amide bonds. The predicted molar refractivity (Wildman–Crippen MR) is 59.7 cm³/mol. The Morgan fingerprint density at radius 3 is 1.71 bits per heavy atom. The van der Waals surface area contributed by atoms with E-state index >= 15 is 0 Å². The Hall–Kier alpha value is -1.44. The van der Waals surface area contributed by atoms with Crippen molar-refractivity contribution >= 4 is 0 Å². The molecule has 2 N–H and O–H groups in total. The first-order chi connectivity index (χ1) is 6.95. The van der Waals surface area contributed by atoms with Crippen LogP contribution in [0.5, 0.6) is 0 Å². The fraction of sp³-hybridized carbons (Fsp3) is 0.333. The van der Waals surface area contributed by atoms with E-state index in [0.29, 0.717) is 0 Å². The third kappa shape index (κ3) is 2.52. The highest BCUT2D eigenvalue weighted by Crippen LogP contribution is 2.15. The van der Waals surface area contributed by atoms with Gasteiger partial charge in [0.05, 0.1) is 0 Å². The second-order valence-electron chi connectivity index (χ2n) is 3.54. The Labute approximate surface area is 85.1 Å². The molecule has 0 aromatic heterocycles. The van der Waals surface area contributed by atoms with Crippen LogP contribution in [0.4, 0.5) is 0 Å². The first kappa shape index (κ1) is 9.13. The molecule has 0 fully saturated rings. The van der Waals surface area contributed by atoms with Crippen molar-refractivity contribution in [1.29, 1.82) is 0 Å². The molecule has 0 atom stereocenters.